The second-order valence-electron chi connectivity index (χ2n) is 6.50. The van der Waals surface area contributed by atoms with Gasteiger partial charge in [0.2, 0.25) is 11.7 Å². The Kier molecular flexibility index (Phi) is 7.77. The molecule has 164 valence electrons. The molecule has 0 radical (unpaired) electrons. The molecule has 0 atom stereocenters. The maximum Gasteiger partial charge on any atom is 0.230 e. The lowest BCUT2D eigenvalue weighted by molar-refractivity contribution is -0.118. The number of methoxy groups -OCH3 is 3. The van der Waals surface area contributed by atoms with Gasteiger partial charge in [-0.2, -0.15) is 0 Å². The van der Waals surface area contributed by atoms with Crippen molar-refractivity contribution in [1.82, 2.24) is 15.3 Å². The van der Waals surface area contributed by atoms with Crippen LogP contribution in [0.3, 0.4) is 0 Å². The van der Waals surface area contributed by atoms with Crippen molar-refractivity contribution in [1.29, 1.82) is 0 Å². The number of benzene rings is 2. The van der Waals surface area contributed by atoms with Crippen molar-refractivity contribution in [3.05, 3.63) is 42.0 Å². The van der Waals surface area contributed by atoms with Crippen LogP contribution >= 0.6 is 11.8 Å². The van der Waals surface area contributed by atoms with E-state index in [0.29, 0.717) is 28.9 Å². The Morgan fingerprint density at radius 3 is 2.39 bits per heavy atom. The van der Waals surface area contributed by atoms with Crippen LogP contribution in [-0.2, 0) is 11.3 Å². The Morgan fingerprint density at radius 1 is 1.03 bits per heavy atom. The van der Waals surface area contributed by atoms with Gasteiger partial charge in [0.1, 0.15) is 5.82 Å². The molecule has 1 heterocycles. The maximum atomic E-state index is 12.4. The Labute approximate surface area is 185 Å². The fraction of sp³-hybridized carbons (Fsp3) is 0.318. The molecule has 8 nitrogen and oxygen atoms in total. The summed E-state index contributed by atoms with van der Waals surface area (Å²) in [6, 6.07) is 11.4. The third-order valence-corrected chi connectivity index (χ3v) is 5.32. The molecule has 31 heavy (non-hydrogen) atoms. The van der Waals surface area contributed by atoms with Crippen molar-refractivity contribution in [2.24, 2.45) is 0 Å². The topological polar surface area (TPSA) is 94.6 Å². The quantitative estimate of drug-likeness (QED) is 0.364. The number of para-hydroxylation sites is 1. The van der Waals surface area contributed by atoms with Crippen LogP contribution in [-0.4, -0.2) is 49.5 Å². The highest BCUT2D eigenvalue weighted by Crippen LogP contribution is 2.38. The summed E-state index contributed by atoms with van der Waals surface area (Å²) in [6.45, 7) is 3.10. The summed E-state index contributed by atoms with van der Waals surface area (Å²) in [5, 5.41) is 7.67. The number of anilines is 1. The minimum atomic E-state index is -0.125. The molecule has 0 spiro atoms. The standard InChI is InChI=1S/C22H26N4O4S/c1-5-23-21-15-8-6-7-9-16(15)25-22(26-21)31-13-19(27)24-12-14-10-17(28-2)20(30-4)18(11-14)29-3/h6-11H,5,12-13H2,1-4H3,(H,24,27)(H,23,25,26). The predicted octanol–water partition coefficient (Wildman–Crippen LogP) is 3.50. The molecule has 0 aliphatic carbocycles. The summed E-state index contributed by atoms with van der Waals surface area (Å²) in [5.74, 6) is 2.45. The Morgan fingerprint density at radius 2 is 1.74 bits per heavy atom. The van der Waals surface area contributed by atoms with Gasteiger partial charge in [-0.1, -0.05) is 23.9 Å². The third kappa shape index (κ3) is 5.49. The van der Waals surface area contributed by atoms with E-state index < -0.39 is 0 Å². The summed E-state index contributed by atoms with van der Waals surface area (Å²) in [5.41, 5.74) is 1.68. The van der Waals surface area contributed by atoms with Gasteiger partial charge in [-0.3, -0.25) is 4.79 Å². The van der Waals surface area contributed by atoms with Gasteiger partial charge in [0, 0.05) is 18.5 Å². The molecule has 0 aliphatic heterocycles. The van der Waals surface area contributed by atoms with Crippen LogP contribution in [0.4, 0.5) is 5.82 Å². The number of carbonyl (C=O) groups excluding carboxylic acids is 1. The first-order valence-corrected chi connectivity index (χ1v) is 10.8. The molecule has 3 aromatic rings. The van der Waals surface area contributed by atoms with E-state index in [4.69, 9.17) is 14.2 Å². The minimum absolute atomic E-state index is 0.125. The average Bonchev–Trinajstić information content (AvgIpc) is 2.80. The first-order chi connectivity index (χ1) is 15.1. The van der Waals surface area contributed by atoms with Gasteiger partial charge in [-0.15, -0.1) is 0 Å². The molecule has 0 aliphatic rings. The normalized spacial score (nSPS) is 10.6. The zero-order valence-corrected chi connectivity index (χ0v) is 18.8. The van der Waals surface area contributed by atoms with E-state index in [-0.39, 0.29) is 11.7 Å². The van der Waals surface area contributed by atoms with Crippen LogP contribution < -0.4 is 24.8 Å². The van der Waals surface area contributed by atoms with Crippen LogP contribution in [0, 0.1) is 0 Å². The molecule has 1 amide bonds. The molecule has 0 fully saturated rings. The molecule has 2 N–H and O–H groups in total. The fourth-order valence-electron chi connectivity index (χ4n) is 3.04. The molecule has 2 aromatic carbocycles. The summed E-state index contributed by atoms with van der Waals surface area (Å²) in [7, 11) is 4.67. The first kappa shape index (κ1) is 22.5. The number of thioether (sulfide) groups is 1. The Bertz CT molecular complexity index is 1040. The number of fused-ring (bicyclic) bond motifs is 1. The van der Waals surface area contributed by atoms with Crippen molar-refractivity contribution in [2.45, 2.75) is 18.6 Å². The lowest BCUT2D eigenvalue weighted by Crippen LogP contribution is -2.24. The van der Waals surface area contributed by atoms with Crippen molar-refractivity contribution in [2.75, 3.05) is 38.9 Å². The smallest absolute Gasteiger partial charge is 0.230 e. The van der Waals surface area contributed by atoms with E-state index in [1.54, 1.807) is 21.3 Å². The molecule has 0 unspecified atom stereocenters. The number of hydrogen-bond donors (Lipinski definition) is 2. The number of nitrogens with zero attached hydrogens (tertiary/aromatic N) is 2. The van der Waals surface area contributed by atoms with Crippen LogP contribution in [0.25, 0.3) is 10.9 Å². The summed E-state index contributed by atoms with van der Waals surface area (Å²) in [4.78, 5) is 21.5. The lowest BCUT2D eigenvalue weighted by atomic mass is 10.2. The third-order valence-electron chi connectivity index (χ3n) is 4.47. The minimum Gasteiger partial charge on any atom is -0.493 e. The number of ether oxygens (including phenoxy) is 3. The summed E-state index contributed by atoms with van der Waals surface area (Å²) in [6.07, 6.45) is 0. The number of aromatic nitrogens is 2. The van der Waals surface area contributed by atoms with Crippen LogP contribution in [0.15, 0.2) is 41.6 Å². The van der Waals surface area contributed by atoms with Gasteiger partial charge in [-0.25, -0.2) is 9.97 Å². The molecular formula is C22H26N4O4S. The van der Waals surface area contributed by atoms with Crippen molar-refractivity contribution in [3.63, 3.8) is 0 Å². The number of rotatable bonds is 10. The van der Waals surface area contributed by atoms with Crippen molar-refractivity contribution in [3.8, 4) is 17.2 Å². The molecule has 3 rings (SSSR count). The van der Waals surface area contributed by atoms with Gasteiger partial charge in [0.25, 0.3) is 0 Å². The largest absolute Gasteiger partial charge is 0.493 e. The summed E-state index contributed by atoms with van der Waals surface area (Å²) < 4.78 is 16.0. The number of amides is 1. The summed E-state index contributed by atoms with van der Waals surface area (Å²) >= 11 is 1.30. The van der Waals surface area contributed by atoms with Gasteiger partial charge < -0.3 is 24.8 Å². The van der Waals surface area contributed by atoms with E-state index >= 15 is 0 Å². The zero-order valence-electron chi connectivity index (χ0n) is 18.0. The highest BCUT2D eigenvalue weighted by atomic mass is 32.2. The van der Waals surface area contributed by atoms with Crippen molar-refractivity contribution < 1.29 is 19.0 Å². The molecule has 0 saturated heterocycles. The Hall–Kier alpha value is -3.20. The van der Waals surface area contributed by atoms with Gasteiger partial charge >= 0.3 is 0 Å². The van der Waals surface area contributed by atoms with E-state index in [1.165, 1.54) is 11.8 Å². The monoisotopic (exact) mass is 442 g/mol. The average molecular weight is 443 g/mol. The maximum absolute atomic E-state index is 12.4. The fourth-order valence-corrected chi connectivity index (χ4v) is 3.72. The van der Waals surface area contributed by atoms with Gasteiger partial charge in [0.05, 0.1) is 32.6 Å². The van der Waals surface area contributed by atoms with Crippen LogP contribution in [0.5, 0.6) is 17.2 Å². The van der Waals surface area contributed by atoms with Crippen LogP contribution in [0.2, 0.25) is 0 Å². The van der Waals surface area contributed by atoms with E-state index in [9.17, 15) is 4.79 Å². The lowest BCUT2D eigenvalue weighted by Gasteiger charge is -2.14. The molecule has 0 bridgehead atoms. The molecule has 1 aromatic heterocycles. The highest BCUT2D eigenvalue weighted by Gasteiger charge is 2.14. The first-order valence-electron chi connectivity index (χ1n) is 9.78. The zero-order chi connectivity index (χ0) is 22.2. The second kappa shape index (κ2) is 10.7. The molecular weight excluding hydrogens is 416 g/mol. The van der Waals surface area contributed by atoms with E-state index in [1.807, 2.05) is 43.3 Å². The molecule has 0 saturated carbocycles. The predicted molar refractivity (Wildman–Crippen MR) is 122 cm³/mol. The number of carbonyl (C=O) groups is 1. The van der Waals surface area contributed by atoms with Gasteiger partial charge in [0.15, 0.2) is 16.7 Å². The second-order valence-corrected chi connectivity index (χ2v) is 7.44. The van der Waals surface area contributed by atoms with Crippen LogP contribution in [0.1, 0.15) is 12.5 Å². The van der Waals surface area contributed by atoms with Crippen molar-refractivity contribution >= 4 is 34.4 Å². The van der Waals surface area contributed by atoms with Gasteiger partial charge in [-0.05, 0) is 36.8 Å². The van der Waals surface area contributed by atoms with E-state index in [0.717, 1.165) is 28.8 Å². The number of nitrogens with one attached hydrogen (secondary N) is 2. The molecule has 9 heteroatoms. The highest BCUT2D eigenvalue weighted by molar-refractivity contribution is 7.99. The SMILES string of the molecule is CCNc1nc(SCC(=O)NCc2cc(OC)c(OC)c(OC)c2)nc2ccccc12. The Balaban J connectivity index is 1.64. The van der Waals surface area contributed by atoms with E-state index in [2.05, 4.69) is 20.6 Å². The number of hydrogen-bond acceptors (Lipinski definition) is 8.